The molecule has 0 aliphatic heterocycles. The minimum atomic E-state index is -1.08. The highest BCUT2D eigenvalue weighted by Crippen LogP contribution is 2.34. The SMILES string of the molecule is Cc1cc(C#N)cc(C)c1C(=O)N[C@@H](CCOC1CC(CCc2ccc3c(n2)CCCC3)C1)C(=O)O. The number of fused-ring (bicyclic) bond motifs is 1. The summed E-state index contributed by atoms with van der Waals surface area (Å²) in [5.41, 5.74) is 6.08. The number of aryl methyl sites for hydroxylation is 5. The van der Waals surface area contributed by atoms with Crippen LogP contribution < -0.4 is 5.32 Å². The van der Waals surface area contributed by atoms with Crippen molar-refractivity contribution >= 4 is 11.9 Å². The first-order valence-corrected chi connectivity index (χ1v) is 13.0. The number of hydrogen-bond acceptors (Lipinski definition) is 5. The Kier molecular flexibility index (Phi) is 8.37. The van der Waals surface area contributed by atoms with Gasteiger partial charge in [0.05, 0.1) is 17.7 Å². The van der Waals surface area contributed by atoms with Crippen LogP contribution in [0, 0.1) is 31.1 Å². The fraction of sp³-hybridized carbons (Fsp3) is 0.517. The predicted octanol–water partition coefficient (Wildman–Crippen LogP) is 4.45. The topological polar surface area (TPSA) is 112 Å². The van der Waals surface area contributed by atoms with Crippen LogP contribution in [0.2, 0.25) is 0 Å². The van der Waals surface area contributed by atoms with Gasteiger partial charge in [-0.1, -0.05) is 6.07 Å². The Labute approximate surface area is 212 Å². The summed E-state index contributed by atoms with van der Waals surface area (Å²) in [6, 6.07) is 8.74. The molecule has 0 spiro atoms. The number of nitrogens with zero attached hydrogens (tertiary/aromatic N) is 2. The molecule has 7 nitrogen and oxygen atoms in total. The Bertz CT molecular complexity index is 1140. The highest BCUT2D eigenvalue weighted by Gasteiger charge is 2.30. The van der Waals surface area contributed by atoms with Gasteiger partial charge in [0.2, 0.25) is 0 Å². The molecule has 0 saturated heterocycles. The number of amides is 1. The van der Waals surface area contributed by atoms with E-state index >= 15 is 0 Å². The largest absolute Gasteiger partial charge is 0.480 e. The summed E-state index contributed by atoms with van der Waals surface area (Å²) in [5, 5.41) is 21.3. The van der Waals surface area contributed by atoms with Gasteiger partial charge in [0.1, 0.15) is 6.04 Å². The Morgan fingerprint density at radius 2 is 1.92 bits per heavy atom. The third-order valence-corrected chi connectivity index (χ3v) is 7.49. The van der Waals surface area contributed by atoms with Gasteiger partial charge in [-0.3, -0.25) is 9.78 Å². The van der Waals surface area contributed by atoms with Crippen molar-refractivity contribution in [3.05, 3.63) is 63.5 Å². The van der Waals surface area contributed by atoms with E-state index in [1.807, 2.05) is 0 Å². The third-order valence-electron chi connectivity index (χ3n) is 7.49. The van der Waals surface area contributed by atoms with Crippen LogP contribution in [0.1, 0.15) is 82.5 Å². The summed E-state index contributed by atoms with van der Waals surface area (Å²) in [7, 11) is 0. The first-order valence-electron chi connectivity index (χ1n) is 13.0. The number of carboxylic acids is 1. The predicted molar refractivity (Wildman–Crippen MR) is 136 cm³/mol. The standard InChI is InChI=1S/C29H35N3O4/c1-18-13-21(17-30)14-19(2)27(18)28(33)32-26(29(34)35)11-12-36-24-15-20(16-24)7-9-23-10-8-22-5-3-4-6-25(22)31-23/h8,10,13-14,20,24,26H,3-7,9,11-12,15-16H2,1-2H3,(H,32,33)(H,34,35)/t20?,24?,26-/m0/s1. The van der Waals surface area contributed by atoms with Gasteiger partial charge in [-0.05, 0) is 106 Å². The van der Waals surface area contributed by atoms with Crippen LogP contribution in [-0.4, -0.2) is 40.7 Å². The summed E-state index contributed by atoms with van der Waals surface area (Å²) in [4.78, 5) is 29.4. The summed E-state index contributed by atoms with van der Waals surface area (Å²) < 4.78 is 5.91. The van der Waals surface area contributed by atoms with Gasteiger partial charge >= 0.3 is 5.97 Å². The highest BCUT2D eigenvalue weighted by atomic mass is 16.5. The van der Waals surface area contributed by atoms with Crippen molar-refractivity contribution in [1.29, 1.82) is 5.26 Å². The maximum absolute atomic E-state index is 12.8. The molecular weight excluding hydrogens is 454 g/mol. The number of carbonyl (C=O) groups excluding carboxylic acids is 1. The molecular formula is C29H35N3O4. The van der Waals surface area contributed by atoms with Crippen LogP contribution in [0.15, 0.2) is 24.3 Å². The number of ether oxygens (including phenoxy) is 1. The number of hydrogen-bond donors (Lipinski definition) is 2. The molecule has 1 fully saturated rings. The second-order valence-electron chi connectivity index (χ2n) is 10.2. The molecule has 1 heterocycles. The maximum atomic E-state index is 12.8. The lowest BCUT2D eigenvalue weighted by Gasteiger charge is -2.35. The van der Waals surface area contributed by atoms with Crippen LogP contribution in [0.3, 0.4) is 0 Å². The molecule has 1 amide bonds. The molecule has 0 radical (unpaired) electrons. The summed E-state index contributed by atoms with van der Waals surface area (Å²) >= 11 is 0. The van der Waals surface area contributed by atoms with Gasteiger partial charge in [0.25, 0.3) is 5.91 Å². The van der Waals surface area contributed by atoms with Gasteiger partial charge in [-0.2, -0.15) is 5.26 Å². The number of aromatic nitrogens is 1. The quantitative estimate of drug-likeness (QED) is 0.510. The lowest BCUT2D eigenvalue weighted by molar-refractivity contribution is -0.140. The van der Waals surface area contributed by atoms with Crippen molar-refractivity contribution in [3.63, 3.8) is 0 Å². The summed E-state index contributed by atoms with van der Waals surface area (Å²) in [6.45, 7) is 3.78. The zero-order valence-electron chi connectivity index (χ0n) is 21.2. The van der Waals surface area contributed by atoms with E-state index in [-0.39, 0.29) is 19.1 Å². The smallest absolute Gasteiger partial charge is 0.326 e. The molecule has 1 saturated carbocycles. The van der Waals surface area contributed by atoms with Crippen LogP contribution in [-0.2, 0) is 28.8 Å². The van der Waals surface area contributed by atoms with Crippen molar-refractivity contribution in [1.82, 2.24) is 10.3 Å². The molecule has 1 aromatic heterocycles. The van der Waals surface area contributed by atoms with Gasteiger partial charge in [-0.15, -0.1) is 0 Å². The molecule has 1 aromatic carbocycles. The number of nitrogens with one attached hydrogen (secondary N) is 1. The summed E-state index contributed by atoms with van der Waals surface area (Å²) in [6.07, 6.45) is 9.19. The molecule has 1 atom stereocenters. The molecule has 190 valence electrons. The van der Waals surface area contributed by atoms with Crippen molar-refractivity contribution in [2.75, 3.05) is 6.61 Å². The molecule has 4 rings (SSSR count). The molecule has 2 aliphatic carbocycles. The van der Waals surface area contributed by atoms with Crippen LogP contribution in [0.5, 0.6) is 0 Å². The zero-order valence-corrected chi connectivity index (χ0v) is 21.2. The van der Waals surface area contributed by atoms with Gasteiger partial charge in [-0.25, -0.2) is 4.79 Å². The van der Waals surface area contributed by atoms with Gasteiger partial charge < -0.3 is 15.2 Å². The molecule has 2 N–H and O–H groups in total. The minimum absolute atomic E-state index is 0.152. The second-order valence-corrected chi connectivity index (χ2v) is 10.2. The van der Waals surface area contributed by atoms with E-state index in [0.29, 0.717) is 28.2 Å². The van der Waals surface area contributed by atoms with E-state index in [0.717, 1.165) is 38.5 Å². The number of aliphatic carboxylic acids is 1. The molecule has 2 aromatic rings. The first-order chi connectivity index (χ1) is 17.3. The third kappa shape index (κ3) is 6.30. The average molecular weight is 490 g/mol. The fourth-order valence-corrected chi connectivity index (χ4v) is 5.39. The van der Waals surface area contributed by atoms with E-state index < -0.39 is 17.9 Å². The zero-order chi connectivity index (χ0) is 25.7. The Morgan fingerprint density at radius 1 is 1.19 bits per heavy atom. The van der Waals surface area contributed by atoms with Crippen molar-refractivity contribution in [3.8, 4) is 6.07 Å². The Hall–Kier alpha value is -3.24. The number of carbonyl (C=O) groups is 2. The van der Waals surface area contributed by atoms with Crippen molar-refractivity contribution in [2.24, 2.45) is 5.92 Å². The van der Waals surface area contributed by atoms with E-state index in [1.165, 1.54) is 29.8 Å². The van der Waals surface area contributed by atoms with E-state index in [9.17, 15) is 14.7 Å². The average Bonchev–Trinajstić information content (AvgIpc) is 2.83. The lowest BCUT2D eigenvalue weighted by atomic mass is 9.79. The lowest BCUT2D eigenvalue weighted by Crippen LogP contribution is -2.42. The molecule has 36 heavy (non-hydrogen) atoms. The van der Waals surface area contributed by atoms with Gasteiger partial charge in [0, 0.05) is 30.0 Å². The normalized spacial score (nSPS) is 19.5. The molecule has 0 bridgehead atoms. The van der Waals surface area contributed by atoms with Crippen molar-refractivity contribution < 1.29 is 19.4 Å². The minimum Gasteiger partial charge on any atom is -0.480 e. The Balaban J connectivity index is 1.19. The maximum Gasteiger partial charge on any atom is 0.326 e. The van der Waals surface area contributed by atoms with E-state index in [4.69, 9.17) is 15.0 Å². The highest BCUT2D eigenvalue weighted by molar-refractivity contribution is 5.99. The van der Waals surface area contributed by atoms with Gasteiger partial charge in [0.15, 0.2) is 0 Å². The van der Waals surface area contributed by atoms with Crippen LogP contribution in [0.4, 0.5) is 0 Å². The molecule has 7 heteroatoms. The second kappa shape index (κ2) is 11.7. The fourth-order valence-electron chi connectivity index (χ4n) is 5.39. The monoisotopic (exact) mass is 489 g/mol. The Morgan fingerprint density at radius 3 is 2.61 bits per heavy atom. The molecule has 0 unspecified atom stereocenters. The van der Waals surface area contributed by atoms with E-state index in [1.54, 1.807) is 26.0 Å². The summed E-state index contributed by atoms with van der Waals surface area (Å²) in [5.74, 6) is -0.911. The first kappa shape index (κ1) is 25.8. The number of benzene rings is 1. The number of nitriles is 1. The van der Waals surface area contributed by atoms with E-state index in [2.05, 4.69) is 23.5 Å². The number of carboxylic acid groups (broad SMARTS) is 1. The number of pyridine rings is 1. The van der Waals surface area contributed by atoms with Crippen LogP contribution in [0.25, 0.3) is 0 Å². The van der Waals surface area contributed by atoms with Crippen molar-refractivity contribution in [2.45, 2.75) is 83.8 Å². The van der Waals surface area contributed by atoms with Crippen LogP contribution >= 0.6 is 0 Å². The number of rotatable bonds is 10. The molecule has 2 aliphatic rings.